The number of hydrogen-bond acceptors (Lipinski definition) is 3. The number of carbonyl (C=O) groups is 1. The van der Waals surface area contributed by atoms with Crippen molar-refractivity contribution in [3.63, 3.8) is 0 Å². The van der Waals surface area contributed by atoms with Crippen LogP contribution >= 0.6 is 11.3 Å². The lowest BCUT2D eigenvalue weighted by atomic mass is 10.0. The molecule has 4 aromatic rings. The van der Waals surface area contributed by atoms with Gasteiger partial charge in [0, 0.05) is 11.6 Å². The number of hydrogen-bond donors (Lipinski definition) is 0. The second kappa shape index (κ2) is 9.51. The Balaban J connectivity index is 1.86. The highest BCUT2D eigenvalue weighted by Gasteiger charge is 2.10. The number of ketones is 1. The summed E-state index contributed by atoms with van der Waals surface area (Å²) >= 11 is 1.26. The molecule has 4 rings (SSSR count). The molecule has 0 aliphatic carbocycles. The smallest absolute Gasteiger partial charge is 0.269 e. The maximum absolute atomic E-state index is 13.8. The van der Waals surface area contributed by atoms with Gasteiger partial charge in [0.2, 0.25) is 0 Å². The second-order valence-electron chi connectivity index (χ2n) is 8.27. The lowest BCUT2D eigenvalue weighted by Crippen LogP contribution is -2.32. The van der Waals surface area contributed by atoms with Crippen LogP contribution in [0.2, 0.25) is 0 Å². The summed E-state index contributed by atoms with van der Waals surface area (Å²) in [5.41, 5.74) is 5.08. The molecule has 0 spiro atoms. The third-order valence-electron chi connectivity index (χ3n) is 5.30. The molecule has 0 bridgehead atoms. The van der Waals surface area contributed by atoms with E-state index in [-0.39, 0.29) is 23.7 Å². The van der Waals surface area contributed by atoms with Crippen LogP contribution in [-0.4, -0.2) is 10.4 Å². The zero-order valence-corrected chi connectivity index (χ0v) is 19.6. The number of carbonyl (C=O) groups excluding carboxylic acids is 1. The van der Waals surface area contributed by atoms with Gasteiger partial charge in [-0.2, -0.15) is 0 Å². The van der Waals surface area contributed by atoms with Gasteiger partial charge in [-0.15, -0.1) is 11.3 Å². The van der Waals surface area contributed by atoms with Crippen molar-refractivity contribution in [2.24, 2.45) is 0 Å². The second-order valence-corrected chi connectivity index (χ2v) is 9.33. The van der Waals surface area contributed by atoms with Crippen LogP contribution in [0, 0.1) is 26.6 Å². The lowest BCUT2D eigenvalue weighted by Gasteiger charge is -2.04. The van der Waals surface area contributed by atoms with Gasteiger partial charge >= 0.3 is 0 Å². The van der Waals surface area contributed by atoms with Crippen LogP contribution in [0.1, 0.15) is 38.2 Å². The van der Waals surface area contributed by atoms with Gasteiger partial charge in [0.05, 0.1) is 11.1 Å². The van der Waals surface area contributed by atoms with Crippen molar-refractivity contribution in [2.45, 2.75) is 27.3 Å². The number of thiazole rings is 1. The minimum atomic E-state index is -0.362. The number of Topliss-reactive ketones (excluding diaryl/α,β-unsaturated/α-hetero) is 1. The predicted molar refractivity (Wildman–Crippen MR) is 133 cm³/mol. The summed E-state index contributed by atoms with van der Waals surface area (Å²) in [6.07, 6.45) is 3.33. The molecule has 0 aliphatic rings. The van der Waals surface area contributed by atoms with Crippen molar-refractivity contribution >= 4 is 29.3 Å². The minimum absolute atomic E-state index is 0.169. The average molecular weight is 458 g/mol. The van der Waals surface area contributed by atoms with E-state index in [1.54, 1.807) is 16.7 Å². The van der Waals surface area contributed by atoms with Gasteiger partial charge in [0.25, 0.3) is 5.56 Å². The predicted octanol–water partition coefficient (Wildman–Crippen LogP) is 4.51. The zero-order valence-electron chi connectivity index (χ0n) is 18.8. The standard InChI is InChI=1S/C28H24FNO2S/c1-18-7-9-21(10-8-18)15-26-28(32)30(17-22-5-4-6-24(29)14-22)27(33-26)16-25(31)23-12-19(2)11-20(3)13-23/h4-16H,17H2,1-3H3/b26-15+,27-16-. The van der Waals surface area contributed by atoms with Crippen molar-refractivity contribution in [3.05, 3.63) is 125 Å². The number of nitrogens with zero attached hydrogens (tertiary/aromatic N) is 1. The third-order valence-corrected chi connectivity index (χ3v) is 6.36. The largest absolute Gasteiger partial charge is 0.294 e. The van der Waals surface area contributed by atoms with Crippen LogP contribution in [0.3, 0.4) is 0 Å². The number of rotatable bonds is 5. The van der Waals surface area contributed by atoms with Gasteiger partial charge in [0.15, 0.2) is 5.78 Å². The fourth-order valence-electron chi connectivity index (χ4n) is 3.74. The van der Waals surface area contributed by atoms with E-state index in [1.807, 2.05) is 69.3 Å². The van der Waals surface area contributed by atoms with Crippen LogP contribution in [0.5, 0.6) is 0 Å². The van der Waals surface area contributed by atoms with E-state index in [0.29, 0.717) is 20.3 Å². The van der Waals surface area contributed by atoms with Crippen LogP contribution in [0.15, 0.2) is 71.5 Å². The summed E-state index contributed by atoms with van der Waals surface area (Å²) in [7, 11) is 0. The van der Waals surface area contributed by atoms with E-state index >= 15 is 0 Å². The van der Waals surface area contributed by atoms with E-state index in [9.17, 15) is 14.0 Å². The molecular weight excluding hydrogens is 433 g/mol. The van der Waals surface area contributed by atoms with E-state index in [4.69, 9.17) is 0 Å². The molecule has 0 amide bonds. The normalized spacial score (nSPS) is 12.4. The lowest BCUT2D eigenvalue weighted by molar-refractivity contribution is 0.106. The Morgan fingerprint density at radius 1 is 0.939 bits per heavy atom. The Morgan fingerprint density at radius 2 is 1.64 bits per heavy atom. The van der Waals surface area contributed by atoms with Crippen LogP contribution < -0.4 is 14.8 Å². The molecule has 166 valence electrons. The zero-order chi connectivity index (χ0) is 23.5. The molecule has 0 aliphatic heterocycles. The molecule has 33 heavy (non-hydrogen) atoms. The maximum Gasteiger partial charge on any atom is 0.269 e. The molecular formula is C28H24FNO2S. The van der Waals surface area contributed by atoms with Crippen molar-refractivity contribution in [3.8, 4) is 0 Å². The van der Waals surface area contributed by atoms with Gasteiger partial charge < -0.3 is 0 Å². The van der Waals surface area contributed by atoms with Crippen molar-refractivity contribution < 1.29 is 9.18 Å². The molecule has 1 aromatic heterocycles. The Labute approximate surface area is 195 Å². The van der Waals surface area contributed by atoms with Crippen molar-refractivity contribution in [2.75, 3.05) is 0 Å². The highest BCUT2D eigenvalue weighted by atomic mass is 32.1. The first-order chi connectivity index (χ1) is 15.8. The van der Waals surface area contributed by atoms with Gasteiger partial charge in [0.1, 0.15) is 10.5 Å². The molecule has 0 N–H and O–H groups in total. The van der Waals surface area contributed by atoms with E-state index in [0.717, 1.165) is 22.3 Å². The Hall–Kier alpha value is -3.57. The fourth-order valence-corrected chi connectivity index (χ4v) is 4.78. The number of aryl methyl sites for hydroxylation is 3. The Morgan fingerprint density at radius 3 is 2.30 bits per heavy atom. The molecule has 0 unspecified atom stereocenters. The molecule has 0 saturated carbocycles. The quantitative estimate of drug-likeness (QED) is 0.414. The molecule has 0 fully saturated rings. The summed E-state index contributed by atoms with van der Waals surface area (Å²) in [5.74, 6) is -0.531. The topological polar surface area (TPSA) is 39.1 Å². The van der Waals surface area contributed by atoms with Gasteiger partial charge in [-0.25, -0.2) is 4.39 Å². The monoisotopic (exact) mass is 457 g/mol. The van der Waals surface area contributed by atoms with E-state index < -0.39 is 0 Å². The molecule has 3 nitrogen and oxygen atoms in total. The molecule has 3 aromatic carbocycles. The number of aromatic nitrogens is 1. The maximum atomic E-state index is 13.8. The molecule has 0 atom stereocenters. The minimum Gasteiger partial charge on any atom is -0.294 e. The average Bonchev–Trinajstić information content (AvgIpc) is 3.03. The van der Waals surface area contributed by atoms with E-state index in [1.165, 1.54) is 29.5 Å². The molecule has 1 heterocycles. The summed E-state index contributed by atoms with van der Waals surface area (Å²) in [5, 5.41) is 0. The van der Waals surface area contributed by atoms with Crippen LogP contribution in [-0.2, 0) is 6.54 Å². The summed E-state index contributed by atoms with van der Waals surface area (Å²) in [6, 6.07) is 19.7. The first kappa shape index (κ1) is 22.6. The number of halogens is 1. The SMILES string of the molecule is Cc1ccc(/C=c2/s/c(=C\C(=O)c3cc(C)cc(C)c3)n(Cc3cccc(F)c3)c2=O)cc1. The Kier molecular flexibility index (Phi) is 6.52. The van der Waals surface area contributed by atoms with Crippen molar-refractivity contribution in [1.29, 1.82) is 0 Å². The summed E-state index contributed by atoms with van der Waals surface area (Å²) in [4.78, 5) is 26.4. The molecule has 0 saturated heterocycles. The molecule has 5 heteroatoms. The van der Waals surface area contributed by atoms with E-state index in [2.05, 4.69) is 0 Å². The van der Waals surface area contributed by atoms with Gasteiger partial charge in [-0.1, -0.05) is 59.2 Å². The first-order valence-electron chi connectivity index (χ1n) is 10.7. The highest BCUT2D eigenvalue weighted by molar-refractivity contribution is 7.07. The van der Waals surface area contributed by atoms with Gasteiger partial charge in [-0.3, -0.25) is 14.2 Å². The molecule has 0 radical (unpaired) electrons. The fraction of sp³-hybridized carbons (Fsp3) is 0.143. The highest BCUT2D eigenvalue weighted by Crippen LogP contribution is 2.10. The van der Waals surface area contributed by atoms with Crippen LogP contribution in [0.4, 0.5) is 4.39 Å². The number of benzene rings is 3. The van der Waals surface area contributed by atoms with Gasteiger partial charge in [-0.05, 0) is 62.2 Å². The summed E-state index contributed by atoms with van der Waals surface area (Å²) < 4.78 is 16.3. The van der Waals surface area contributed by atoms with Crippen molar-refractivity contribution in [1.82, 2.24) is 4.57 Å². The van der Waals surface area contributed by atoms with Crippen LogP contribution in [0.25, 0.3) is 12.2 Å². The summed E-state index contributed by atoms with van der Waals surface area (Å²) in [6.45, 7) is 6.08. The Bertz CT molecular complexity index is 1490. The third kappa shape index (κ3) is 5.44. The first-order valence-corrected chi connectivity index (χ1v) is 11.5.